The van der Waals surface area contributed by atoms with E-state index >= 15 is 0 Å². The lowest BCUT2D eigenvalue weighted by Crippen LogP contribution is -2.42. The van der Waals surface area contributed by atoms with Crippen molar-refractivity contribution < 1.29 is 5.11 Å². The minimum Gasteiger partial charge on any atom is -0.390 e. The Labute approximate surface area is 92.8 Å². The van der Waals surface area contributed by atoms with Crippen LogP contribution in [0.25, 0.3) is 0 Å². The Hall–Kier alpha value is -0.120. The molecule has 1 atom stereocenters. The molecule has 1 saturated carbocycles. The summed E-state index contributed by atoms with van der Waals surface area (Å²) in [4.78, 5) is 2.40. The van der Waals surface area contributed by atoms with Crippen LogP contribution in [-0.2, 0) is 0 Å². The summed E-state index contributed by atoms with van der Waals surface area (Å²) in [6.07, 6.45) is 5.01. The van der Waals surface area contributed by atoms with Crippen LogP contribution < -0.4 is 5.32 Å². The van der Waals surface area contributed by atoms with E-state index < -0.39 is 0 Å². The number of likely N-dealkylation sites (tertiary alicyclic amines) is 1. The van der Waals surface area contributed by atoms with E-state index in [1.165, 1.54) is 38.8 Å². The number of aliphatic hydroxyl groups excluding tert-OH is 1. The van der Waals surface area contributed by atoms with E-state index in [0.717, 1.165) is 19.0 Å². The van der Waals surface area contributed by atoms with Crippen molar-refractivity contribution in [2.45, 2.75) is 44.8 Å². The second-order valence-electron chi connectivity index (χ2n) is 5.32. The van der Waals surface area contributed by atoms with Crippen LogP contribution in [0.2, 0.25) is 0 Å². The molecule has 1 aliphatic heterocycles. The Morgan fingerprint density at radius 2 is 1.93 bits per heavy atom. The number of β-amino-alcohol motifs (C(OH)–C–C–N with tert-alkyl or cyclic N) is 1. The molecule has 3 heteroatoms. The van der Waals surface area contributed by atoms with Gasteiger partial charge in [-0.2, -0.15) is 0 Å². The Morgan fingerprint density at radius 1 is 1.27 bits per heavy atom. The number of piperidine rings is 1. The van der Waals surface area contributed by atoms with Crippen LogP contribution in [0.15, 0.2) is 0 Å². The molecule has 2 aliphatic rings. The summed E-state index contributed by atoms with van der Waals surface area (Å²) >= 11 is 0. The van der Waals surface area contributed by atoms with Gasteiger partial charge >= 0.3 is 0 Å². The van der Waals surface area contributed by atoms with Gasteiger partial charge in [0.05, 0.1) is 6.10 Å². The van der Waals surface area contributed by atoms with Gasteiger partial charge in [-0.1, -0.05) is 6.92 Å². The van der Waals surface area contributed by atoms with E-state index in [1.807, 2.05) is 0 Å². The zero-order valence-electron chi connectivity index (χ0n) is 9.78. The molecule has 0 bridgehead atoms. The Morgan fingerprint density at radius 3 is 2.53 bits per heavy atom. The molecule has 0 spiro atoms. The zero-order chi connectivity index (χ0) is 10.7. The lowest BCUT2D eigenvalue weighted by molar-refractivity contribution is 0.0906. The van der Waals surface area contributed by atoms with Crippen LogP contribution in [-0.4, -0.2) is 48.3 Å². The number of aliphatic hydroxyl groups is 1. The lowest BCUT2D eigenvalue weighted by Gasteiger charge is -2.31. The van der Waals surface area contributed by atoms with Crippen molar-refractivity contribution in [3.05, 3.63) is 0 Å². The Bertz CT molecular complexity index is 186. The van der Waals surface area contributed by atoms with Gasteiger partial charge in [-0.15, -0.1) is 0 Å². The third-order valence-electron chi connectivity index (χ3n) is 3.56. The fourth-order valence-electron chi connectivity index (χ4n) is 2.20. The summed E-state index contributed by atoms with van der Waals surface area (Å²) in [5, 5.41) is 13.2. The number of nitrogens with zero attached hydrogens (tertiary/aromatic N) is 1. The van der Waals surface area contributed by atoms with Crippen molar-refractivity contribution in [3.8, 4) is 0 Å². The number of nitrogens with one attached hydrogen (secondary N) is 1. The van der Waals surface area contributed by atoms with Crippen molar-refractivity contribution in [1.29, 1.82) is 0 Å². The molecule has 1 saturated heterocycles. The van der Waals surface area contributed by atoms with Gasteiger partial charge in [0.15, 0.2) is 0 Å². The number of rotatable bonds is 5. The highest BCUT2D eigenvalue weighted by molar-refractivity contribution is 4.82. The second-order valence-corrected chi connectivity index (χ2v) is 5.32. The van der Waals surface area contributed by atoms with Gasteiger partial charge in [-0.25, -0.2) is 0 Å². The van der Waals surface area contributed by atoms with Crippen LogP contribution in [0.4, 0.5) is 0 Å². The van der Waals surface area contributed by atoms with Gasteiger partial charge in [0, 0.05) is 19.1 Å². The average molecular weight is 212 g/mol. The second kappa shape index (κ2) is 5.28. The van der Waals surface area contributed by atoms with Crippen LogP contribution in [0.1, 0.15) is 32.6 Å². The molecular weight excluding hydrogens is 188 g/mol. The molecule has 0 aromatic rings. The standard InChI is InChI=1S/C12H24N2O/c1-10-4-6-14(7-5-10)9-12(15)8-13-11-2-3-11/h10-13,15H,2-9H2,1H3/t12-/m1/s1. The normalized spacial score (nSPS) is 26.8. The highest BCUT2D eigenvalue weighted by Gasteiger charge is 2.22. The maximum absolute atomic E-state index is 9.84. The summed E-state index contributed by atoms with van der Waals surface area (Å²) in [6.45, 7) is 6.29. The summed E-state index contributed by atoms with van der Waals surface area (Å²) in [5.41, 5.74) is 0. The van der Waals surface area contributed by atoms with Crippen molar-refractivity contribution in [1.82, 2.24) is 10.2 Å². The summed E-state index contributed by atoms with van der Waals surface area (Å²) < 4.78 is 0. The Kier molecular flexibility index (Phi) is 4.00. The minimum absolute atomic E-state index is 0.181. The molecule has 0 amide bonds. The SMILES string of the molecule is CC1CCN(C[C@H](O)CNC2CC2)CC1. The average Bonchev–Trinajstić information content (AvgIpc) is 3.02. The first-order chi connectivity index (χ1) is 7.24. The summed E-state index contributed by atoms with van der Waals surface area (Å²) in [5.74, 6) is 0.878. The van der Waals surface area contributed by atoms with Crippen LogP contribution >= 0.6 is 0 Å². The minimum atomic E-state index is -0.181. The molecule has 0 aromatic heterocycles. The first-order valence-corrected chi connectivity index (χ1v) is 6.38. The fraction of sp³-hybridized carbons (Fsp3) is 1.00. The molecule has 1 heterocycles. The third kappa shape index (κ3) is 4.09. The van der Waals surface area contributed by atoms with E-state index in [0.29, 0.717) is 6.04 Å². The smallest absolute Gasteiger partial charge is 0.0791 e. The maximum atomic E-state index is 9.84. The van der Waals surface area contributed by atoms with E-state index in [2.05, 4.69) is 17.1 Å². The highest BCUT2D eigenvalue weighted by Crippen LogP contribution is 2.19. The van der Waals surface area contributed by atoms with Crippen LogP contribution in [0.3, 0.4) is 0 Å². The molecule has 0 aromatic carbocycles. The molecule has 88 valence electrons. The van der Waals surface area contributed by atoms with Crippen molar-refractivity contribution in [2.75, 3.05) is 26.2 Å². The maximum Gasteiger partial charge on any atom is 0.0791 e. The van der Waals surface area contributed by atoms with Gasteiger partial charge < -0.3 is 15.3 Å². The van der Waals surface area contributed by atoms with Gasteiger partial charge in [0.1, 0.15) is 0 Å². The molecule has 2 N–H and O–H groups in total. The van der Waals surface area contributed by atoms with Crippen molar-refractivity contribution in [3.63, 3.8) is 0 Å². The number of hydrogen-bond donors (Lipinski definition) is 2. The van der Waals surface area contributed by atoms with Gasteiger partial charge in [-0.05, 0) is 44.7 Å². The van der Waals surface area contributed by atoms with Gasteiger partial charge in [0.25, 0.3) is 0 Å². The largest absolute Gasteiger partial charge is 0.390 e. The third-order valence-corrected chi connectivity index (χ3v) is 3.56. The van der Waals surface area contributed by atoms with Gasteiger partial charge in [-0.3, -0.25) is 0 Å². The molecule has 1 aliphatic carbocycles. The Balaban J connectivity index is 1.58. The van der Waals surface area contributed by atoms with E-state index in [4.69, 9.17) is 0 Å². The van der Waals surface area contributed by atoms with E-state index in [-0.39, 0.29) is 6.10 Å². The molecule has 2 fully saturated rings. The van der Waals surface area contributed by atoms with Crippen molar-refractivity contribution >= 4 is 0 Å². The summed E-state index contributed by atoms with van der Waals surface area (Å²) in [7, 11) is 0. The van der Waals surface area contributed by atoms with Crippen LogP contribution in [0, 0.1) is 5.92 Å². The van der Waals surface area contributed by atoms with Crippen molar-refractivity contribution in [2.24, 2.45) is 5.92 Å². The van der Waals surface area contributed by atoms with E-state index in [9.17, 15) is 5.11 Å². The highest BCUT2D eigenvalue weighted by atomic mass is 16.3. The summed E-state index contributed by atoms with van der Waals surface area (Å²) in [6, 6.07) is 0.709. The molecule has 15 heavy (non-hydrogen) atoms. The quantitative estimate of drug-likeness (QED) is 0.708. The van der Waals surface area contributed by atoms with E-state index in [1.54, 1.807) is 0 Å². The zero-order valence-corrected chi connectivity index (χ0v) is 9.78. The van der Waals surface area contributed by atoms with Gasteiger partial charge in [0.2, 0.25) is 0 Å². The molecule has 0 unspecified atom stereocenters. The molecule has 2 rings (SSSR count). The monoisotopic (exact) mass is 212 g/mol. The topological polar surface area (TPSA) is 35.5 Å². The number of hydrogen-bond acceptors (Lipinski definition) is 3. The molecule has 3 nitrogen and oxygen atoms in total. The first-order valence-electron chi connectivity index (χ1n) is 6.38. The lowest BCUT2D eigenvalue weighted by atomic mass is 9.99. The molecular formula is C12H24N2O. The molecule has 0 radical (unpaired) electrons. The predicted molar refractivity (Wildman–Crippen MR) is 61.9 cm³/mol. The van der Waals surface area contributed by atoms with Crippen LogP contribution in [0.5, 0.6) is 0 Å². The predicted octanol–water partition coefficient (Wildman–Crippen LogP) is 0.831. The first kappa shape index (κ1) is 11.4. The fourth-order valence-corrected chi connectivity index (χ4v) is 2.20.